The molecule has 0 fully saturated rings. The molecule has 8 nitrogen and oxygen atoms in total. The van der Waals surface area contributed by atoms with E-state index >= 15 is 0 Å². The molecule has 0 saturated carbocycles. The predicted octanol–water partition coefficient (Wildman–Crippen LogP) is 3.34. The molecule has 1 aromatic carbocycles. The van der Waals surface area contributed by atoms with Crippen molar-refractivity contribution in [2.75, 3.05) is 22.9 Å². The van der Waals surface area contributed by atoms with Crippen molar-refractivity contribution in [3.8, 4) is 0 Å². The Kier molecular flexibility index (Phi) is 8.49. The van der Waals surface area contributed by atoms with Crippen LogP contribution in [0, 0.1) is 17.6 Å². The maximum atomic E-state index is 14.3. The van der Waals surface area contributed by atoms with Crippen LogP contribution in [0.1, 0.15) is 44.5 Å². The number of aliphatic hydroxyl groups is 1. The maximum Gasteiger partial charge on any atom is 0.241 e. The maximum absolute atomic E-state index is 14.3. The van der Waals surface area contributed by atoms with Crippen LogP contribution in [0.5, 0.6) is 0 Å². The smallest absolute Gasteiger partial charge is 0.241 e. The van der Waals surface area contributed by atoms with Gasteiger partial charge in [-0.2, -0.15) is 15.0 Å². The van der Waals surface area contributed by atoms with E-state index in [9.17, 15) is 22.3 Å². The van der Waals surface area contributed by atoms with Gasteiger partial charge in [-0.1, -0.05) is 32.4 Å². The summed E-state index contributed by atoms with van der Waals surface area (Å²) in [5.41, 5.74) is -0.176. The monoisotopic (exact) mass is 477 g/mol. The standard InChI is InChI=1S/C19H26ClF2N5O3S/c1-10(2)5-13(9-28)23-18-24-16(25-19(26-18)27-31(4,29)30)6-11(3)17-14(21)7-12(20)8-15(17)22/h7-8,10-11,13,28H,5-6,9H2,1-4H3,(H2,23,24,25,26,27)/t11-,13+/m0/s1. The zero-order valence-corrected chi connectivity index (χ0v) is 19.2. The lowest BCUT2D eigenvalue weighted by Crippen LogP contribution is -2.27. The highest BCUT2D eigenvalue weighted by Crippen LogP contribution is 2.28. The summed E-state index contributed by atoms with van der Waals surface area (Å²) < 4.78 is 54.0. The molecule has 3 N–H and O–H groups in total. The first kappa shape index (κ1) is 25.2. The first-order valence-corrected chi connectivity index (χ1v) is 11.9. The van der Waals surface area contributed by atoms with Crippen LogP contribution < -0.4 is 10.0 Å². The van der Waals surface area contributed by atoms with Gasteiger partial charge >= 0.3 is 0 Å². The van der Waals surface area contributed by atoms with Crippen molar-refractivity contribution in [2.24, 2.45) is 5.92 Å². The number of hydrogen-bond donors (Lipinski definition) is 3. The zero-order valence-electron chi connectivity index (χ0n) is 17.7. The fourth-order valence-electron chi connectivity index (χ4n) is 3.12. The quantitative estimate of drug-likeness (QED) is 0.480. The number of rotatable bonds is 10. The highest BCUT2D eigenvalue weighted by molar-refractivity contribution is 7.91. The molecule has 172 valence electrons. The average Bonchev–Trinajstić information content (AvgIpc) is 2.57. The lowest BCUT2D eigenvalue weighted by atomic mass is 9.96. The van der Waals surface area contributed by atoms with E-state index in [1.807, 2.05) is 13.8 Å². The molecule has 0 radical (unpaired) electrons. The molecule has 0 bridgehead atoms. The molecule has 2 aromatic rings. The molecule has 31 heavy (non-hydrogen) atoms. The molecule has 0 aliphatic heterocycles. The molecule has 0 aliphatic carbocycles. The Balaban J connectivity index is 2.38. The van der Waals surface area contributed by atoms with Crippen LogP contribution in [0.15, 0.2) is 12.1 Å². The van der Waals surface area contributed by atoms with Gasteiger partial charge in [-0.15, -0.1) is 0 Å². The zero-order chi connectivity index (χ0) is 23.3. The third kappa shape index (κ3) is 7.82. The second kappa shape index (κ2) is 10.5. The van der Waals surface area contributed by atoms with E-state index in [-0.39, 0.29) is 53.3 Å². The highest BCUT2D eigenvalue weighted by atomic mass is 35.5. The van der Waals surface area contributed by atoms with Crippen LogP contribution in [-0.4, -0.2) is 47.4 Å². The molecule has 1 aromatic heterocycles. The molecule has 0 unspecified atom stereocenters. The lowest BCUT2D eigenvalue weighted by molar-refractivity contribution is 0.259. The van der Waals surface area contributed by atoms with Crippen LogP contribution >= 0.6 is 11.6 Å². The molecule has 12 heteroatoms. The van der Waals surface area contributed by atoms with Crippen molar-refractivity contribution >= 4 is 33.5 Å². The molecule has 2 rings (SSSR count). The van der Waals surface area contributed by atoms with Crippen LogP contribution in [0.4, 0.5) is 20.7 Å². The summed E-state index contributed by atoms with van der Waals surface area (Å²) in [5.74, 6) is -2.07. The topological polar surface area (TPSA) is 117 Å². The average molecular weight is 478 g/mol. The van der Waals surface area contributed by atoms with Crippen molar-refractivity contribution in [1.82, 2.24) is 15.0 Å². The molecule has 1 heterocycles. The summed E-state index contributed by atoms with van der Waals surface area (Å²) in [4.78, 5) is 12.4. The van der Waals surface area contributed by atoms with Gasteiger partial charge in [0.2, 0.25) is 21.9 Å². The predicted molar refractivity (Wildman–Crippen MR) is 116 cm³/mol. The number of nitrogens with zero attached hydrogens (tertiary/aromatic N) is 3. The van der Waals surface area contributed by atoms with Crippen molar-refractivity contribution in [3.05, 3.63) is 40.2 Å². The minimum absolute atomic E-state index is 0.000906. The Hall–Kier alpha value is -2.11. The molecule has 0 spiro atoms. The van der Waals surface area contributed by atoms with E-state index < -0.39 is 27.6 Å². The second-order valence-electron chi connectivity index (χ2n) is 7.81. The summed E-state index contributed by atoms with van der Waals surface area (Å²) in [6, 6.07) is 1.67. The Labute approximate surface area is 185 Å². The number of halogens is 3. The number of aliphatic hydroxyl groups excluding tert-OH is 1. The Bertz CT molecular complexity index is 1000. The SMILES string of the molecule is CC(C)C[C@H](CO)Nc1nc(C[C@H](C)c2c(F)cc(Cl)cc2F)nc(NS(C)(=O)=O)n1. The summed E-state index contributed by atoms with van der Waals surface area (Å²) in [5, 5.41) is 12.5. The number of nitrogens with one attached hydrogen (secondary N) is 2. The van der Waals surface area contributed by atoms with E-state index in [1.165, 1.54) is 0 Å². The number of hydrogen-bond acceptors (Lipinski definition) is 7. The third-order valence-electron chi connectivity index (χ3n) is 4.29. The van der Waals surface area contributed by atoms with E-state index in [2.05, 4.69) is 25.0 Å². The van der Waals surface area contributed by atoms with E-state index in [0.717, 1.165) is 18.4 Å². The van der Waals surface area contributed by atoms with Crippen LogP contribution in [0.2, 0.25) is 5.02 Å². The number of benzene rings is 1. The van der Waals surface area contributed by atoms with Gasteiger partial charge < -0.3 is 10.4 Å². The summed E-state index contributed by atoms with van der Waals surface area (Å²) in [6.07, 6.45) is 1.56. The Morgan fingerprint density at radius 3 is 2.19 bits per heavy atom. The molecule has 0 amide bonds. The molecule has 0 saturated heterocycles. The normalized spacial score (nSPS) is 13.8. The first-order chi connectivity index (χ1) is 14.4. The van der Waals surface area contributed by atoms with Gasteiger partial charge in [0.25, 0.3) is 0 Å². The Morgan fingerprint density at radius 1 is 1.10 bits per heavy atom. The third-order valence-corrected chi connectivity index (χ3v) is 5.06. The summed E-state index contributed by atoms with van der Waals surface area (Å²) >= 11 is 5.68. The fraction of sp³-hybridized carbons (Fsp3) is 0.526. The van der Waals surface area contributed by atoms with Gasteiger partial charge in [0.15, 0.2) is 0 Å². The van der Waals surface area contributed by atoms with Crippen molar-refractivity contribution in [3.63, 3.8) is 0 Å². The minimum Gasteiger partial charge on any atom is -0.394 e. The number of aromatic nitrogens is 3. The molecule has 2 atom stereocenters. The number of sulfonamides is 1. The van der Waals surface area contributed by atoms with Gasteiger partial charge in [0.05, 0.1) is 18.9 Å². The van der Waals surface area contributed by atoms with E-state index in [0.29, 0.717) is 6.42 Å². The van der Waals surface area contributed by atoms with Crippen LogP contribution in [0.3, 0.4) is 0 Å². The molecular weight excluding hydrogens is 452 g/mol. The summed E-state index contributed by atoms with van der Waals surface area (Å²) in [6.45, 7) is 5.37. The van der Waals surface area contributed by atoms with Crippen molar-refractivity contribution in [2.45, 2.75) is 45.6 Å². The molecular formula is C19H26ClF2N5O3S. The highest BCUT2D eigenvalue weighted by Gasteiger charge is 2.21. The van der Waals surface area contributed by atoms with Crippen LogP contribution in [-0.2, 0) is 16.4 Å². The fourth-order valence-corrected chi connectivity index (χ4v) is 3.73. The lowest BCUT2D eigenvalue weighted by Gasteiger charge is -2.19. The molecule has 0 aliphatic rings. The number of anilines is 2. The van der Waals surface area contributed by atoms with Crippen LogP contribution in [0.25, 0.3) is 0 Å². The van der Waals surface area contributed by atoms with Gasteiger partial charge in [-0.25, -0.2) is 17.2 Å². The van der Waals surface area contributed by atoms with Gasteiger partial charge in [-0.05, 0) is 30.4 Å². The van der Waals surface area contributed by atoms with Gasteiger partial charge in [-0.3, -0.25) is 4.72 Å². The summed E-state index contributed by atoms with van der Waals surface area (Å²) in [7, 11) is -3.68. The first-order valence-electron chi connectivity index (χ1n) is 9.62. The minimum atomic E-state index is -3.68. The van der Waals surface area contributed by atoms with E-state index in [1.54, 1.807) is 6.92 Å². The van der Waals surface area contributed by atoms with Gasteiger partial charge in [0, 0.05) is 17.0 Å². The van der Waals surface area contributed by atoms with Gasteiger partial charge in [0.1, 0.15) is 17.5 Å². The van der Waals surface area contributed by atoms with E-state index in [4.69, 9.17) is 11.6 Å². The van der Waals surface area contributed by atoms with Crippen molar-refractivity contribution < 1.29 is 22.3 Å². The second-order valence-corrected chi connectivity index (χ2v) is 10.00. The Morgan fingerprint density at radius 2 is 1.68 bits per heavy atom. The largest absolute Gasteiger partial charge is 0.394 e. The van der Waals surface area contributed by atoms with Crippen molar-refractivity contribution in [1.29, 1.82) is 0 Å².